The number of hydrogen-bond acceptors (Lipinski definition) is 6. The van der Waals surface area contributed by atoms with E-state index in [1.807, 2.05) is 0 Å². The number of hydrogen-bond donors (Lipinski definition) is 2. The average Bonchev–Trinajstić information content (AvgIpc) is 2.53. The van der Waals surface area contributed by atoms with Crippen molar-refractivity contribution in [3.63, 3.8) is 0 Å². The Bertz CT molecular complexity index is 312. The predicted octanol–water partition coefficient (Wildman–Crippen LogP) is -1.13. The van der Waals surface area contributed by atoms with E-state index in [1.54, 1.807) is 0 Å². The molecule has 14 heavy (non-hydrogen) atoms. The second kappa shape index (κ2) is 3.50. The van der Waals surface area contributed by atoms with Crippen LogP contribution in [0.3, 0.4) is 0 Å². The number of nitrogens with two attached hydrogens (primary N) is 1. The fourth-order valence-corrected chi connectivity index (χ4v) is 1.00. The van der Waals surface area contributed by atoms with Crippen molar-refractivity contribution < 1.29 is 14.8 Å². The highest BCUT2D eigenvalue weighted by molar-refractivity contribution is 5.85. The van der Waals surface area contributed by atoms with Crippen molar-refractivity contribution in [2.75, 3.05) is 0 Å². The molecule has 1 aliphatic heterocycles. The Morgan fingerprint density at radius 2 is 2.43 bits per heavy atom. The van der Waals surface area contributed by atoms with E-state index >= 15 is 0 Å². The van der Waals surface area contributed by atoms with Crippen molar-refractivity contribution >= 4 is 18.5 Å². The molecule has 0 aromatic carbocycles. The Morgan fingerprint density at radius 1 is 1.79 bits per heavy atom. The summed E-state index contributed by atoms with van der Waals surface area (Å²) < 4.78 is 0. The fraction of sp³-hybridized carbons (Fsp3) is 0.500. The van der Waals surface area contributed by atoms with Gasteiger partial charge in [0, 0.05) is 0 Å². The van der Waals surface area contributed by atoms with Crippen molar-refractivity contribution in [2.24, 2.45) is 15.7 Å². The molecule has 76 valence electrons. The molecule has 1 rings (SSSR count). The molecule has 0 aromatic heterocycles. The summed E-state index contributed by atoms with van der Waals surface area (Å²) in [6.07, 6.45) is 1.59. The number of aliphatic carboxylic acids is 1. The third kappa shape index (κ3) is 1.74. The highest BCUT2D eigenvalue weighted by atomic mass is 16.6. The van der Waals surface area contributed by atoms with Gasteiger partial charge in [-0.3, -0.25) is 14.9 Å². The van der Waals surface area contributed by atoms with Gasteiger partial charge in [0.2, 0.25) is 0 Å². The summed E-state index contributed by atoms with van der Waals surface area (Å²) in [5.74, 6) is -1.30. The molecule has 0 radical (unpaired) electrons. The molecule has 0 spiro atoms. The van der Waals surface area contributed by atoms with Gasteiger partial charge in [0.25, 0.3) is 0 Å². The van der Waals surface area contributed by atoms with E-state index in [-0.39, 0.29) is 0 Å². The standard InChI is InChI=1S/C6H8N4O4/c7-4(5(11)12)1-6(10(13)14)2-8-3-9-6/h2-4H,1,7H2,(H,11,12)/t4-,6?/m0/s1. The summed E-state index contributed by atoms with van der Waals surface area (Å²) >= 11 is 0. The van der Waals surface area contributed by atoms with Crippen LogP contribution in [-0.4, -0.2) is 40.3 Å². The minimum atomic E-state index is -1.81. The molecule has 0 saturated heterocycles. The first-order valence-electron chi connectivity index (χ1n) is 3.69. The van der Waals surface area contributed by atoms with Gasteiger partial charge in [-0.1, -0.05) is 0 Å². The van der Waals surface area contributed by atoms with E-state index in [1.165, 1.54) is 0 Å². The minimum absolute atomic E-state index is 0.407. The molecule has 0 aromatic rings. The number of carboxylic acid groups (broad SMARTS) is 1. The van der Waals surface area contributed by atoms with Gasteiger partial charge in [-0.15, -0.1) is 0 Å². The Hall–Kier alpha value is -1.83. The first-order chi connectivity index (χ1) is 6.48. The lowest BCUT2D eigenvalue weighted by atomic mass is 10.0. The summed E-state index contributed by atoms with van der Waals surface area (Å²) in [4.78, 5) is 27.3. The molecule has 0 fully saturated rings. The van der Waals surface area contributed by atoms with Gasteiger partial charge in [0.05, 0.1) is 11.3 Å². The lowest BCUT2D eigenvalue weighted by molar-refractivity contribution is -0.544. The highest BCUT2D eigenvalue weighted by Crippen LogP contribution is 2.19. The molecule has 8 nitrogen and oxygen atoms in total. The predicted molar refractivity (Wildman–Crippen MR) is 46.9 cm³/mol. The summed E-state index contributed by atoms with van der Waals surface area (Å²) in [6, 6.07) is -1.33. The molecule has 2 atom stereocenters. The Kier molecular flexibility index (Phi) is 2.56. The van der Waals surface area contributed by atoms with Crippen LogP contribution in [0.5, 0.6) is 0 Å². The zero-order valence-corrected chi connectivity index (χ0v) is 7.03. The monoisotopic (exact) mass is 200 g/mol. The van der Waals surface area contributed by atoms with Crippen molar-refractivity contribution in [1.29, 1.82) is 0 Å². The topological polar surface area (TPSA) is 131 Å². The number of nitro groups is 1. The van der Waals surface area contributed by atoms with E-state index in [2.05, 4.69) is 9.98 Å². The molecule has 1 aliphatic rings. The maximum atomic E-state index is 10.6. The zero-order chi connectivity index (χ0) is 10.8. The highest BCUT2D eigenvalue weighted by Gasteiger charge is 2.45. The summed E-state index contributed by atoms with van der Waals surface area (Å²) in [6.45, 7) is 0. The second-order valence-corrected chi connectivity index (χ2v) is 2.81. The molecule has 1 unspecified atom stereocenters. The van der Waals surface area contributed by atoms with Gasteiger partial charge in [-0.25, -0.2) is 4.99 Å². The van der Waals surface area contributed by atoms with Crippen LogP contribution in [0.4, 0.5) is 0 Å². The fourth-order valence-electron chi connectivity index (χ4n) is 1.00. The quantitative estimate of drug-likeness (QED) is 0.438. The normalized spacial score (nSPS) is 26.4. The first kappa shape index (κ1) is 10.3. The van der Waals surface area contributed by atoms with Crippen molar-refractivity contribution in [3.8, 4) is 0 Å². The third-order valence-corrected chi connectivity index (χ3v) is 1.78. The Morgan fingerprint density at radius 3 is 2.79 bits per heavy atom. The van der Waals surface area contributed by atoms with E-state index in [0.29, 0.717) is 0 Å². The van der Waals surface area contributed by atoms with Crippen molar-refractivity contribution in [3.05, 3.63) is 10.1 Å². The van der Waals surface area contributed by atoms with Gasteiger partial charge in [-0.05, 0) is 0 Å². The largest absolute Gasteiger partial charge is 0.480 e. The Balaban J connectivity index is 2.82. The van der Waals surface area contributed by atoms with Crippen molar-refractivity contribution in [2.45, 2.75) is 18.1 Å². The van der Waals surface area contributed by atoms with E-state index in [4.69, 9.17) is 10.8 Å². The molecule has 1 heterocycles. The number of carboxylic acids is 1. The summed E-state index contributed by atoms with van der Waals surface area (Å²) in [5, 5.41) is 19.1. The molecule has 0 amide bonds. The second-order valence-electron chi connectivity index (χ2n) is 2.81. The van der Waals surface area contributed by atoms with Crippen molar-refractivity contribution in [1.82, 2.24) is 0 Å². The van der Waals surface area contributed by atoms with Crippen LogP contribution in [0.1, 0.15) is 6.42 Å². The van der Waals surface area contributed by atoms with Gasteiger partial charge in [0.1, 0.15) is 18.6 Å². The summed E-state index contributed by atoms with van der Waals surface area (Å²) in [5.41, 5.74) is 3.37. The SMILES string of the molecule is N[C@@H](CC1([N+](=O)[O-])C=NC=N1)C(=O)O. The number of nitrogens with zero attached hydrogens (tertiary/aromatic N) is 3. The summed E-state index contributed by atoms with van der Waals surface area (Å²) in [7, 11) is 0. The maximum Gasteiger partial charge on any atom is 0.352 e. The van der Waals surface area contributed by atoms with E-state index in [9.17, 15) is 14.9 Å². The molecule has 8 heteroatoms. The first-order valence-corrected chi connectivity index (χ1v) is 3.69. The number of aliphatic imine (C=N–C) groups is 2. The number of carbonyl (C=O) groups is 1. The van der Waals surface area contributed by atoms with Gasteiger partial charge >= 0.3 is 11.6 Å². The van der Waals surface area contributed by atoms with Crippen LogP contribution in [0, 0.1) is 10.1 Å². The smallest absolute Gasteiger partial charge is 0.352 e. The van der Waals surface area contributed by atoms with Gasteiger partial charge in [-0.2, -0.15) is 4.99 Å². The lowest BCUT2D eigenvalue weighted by Crippen LogP contribution is -2.45. The van der Waals surface area contributed by atoms with E-state index < -0.39 is 29.0 Å². The minimum Gasteiger partial charge on any atom is -0.480 e. The Labute approximate surface area is 78.3 Å². The van der Waals surface area contributed by atoms with Gasteiger partial charge in [0.15, 0.2) is 0 Å². The van der Waals surface area contributed by atoms with Crippen LogP contribution < -0.4 is 5.73 Å². The van der Waals surface area contributed by atoms with E-state index in [0.717, 1.165) is 12.6 Å². The molecule has 0 bridgehead atoms. The average molecular weight is 200 g/mol. The lowest BCUT2D eigenvalue weighted by Gasteiger charge is -2.15. The number of rotatable bonds is 4. The van der Waals surface area contributed by atoms with Gasteiger partial charge < -0.3 is 10.8 Å². The molecular weight excluding hydrogens is 192 g/mol. The van der Waals surface area contributed by atoms with Crippen LogP contribution in [0.2, 0.25) is 0 Å². The third-order valence-electron chi connectivity index (χ3n) is 1.78. The molecule has 0 saturated carbocycles. The molecule has 0 aliphatic carbocycles. The van der Waals surface area contributed by atoms with Crippen LogP contribution in [0.25, 0.3) is 0 Å². The van der Waals surface area contributed by atoms with Crippen LogP contribution in [-0.2, 0) is 4.79 Å². The van der Waals surface area contributed by atoms with Crippen LogP contribution >= 0.6 is 0 Å². The molecule has 3 N–H and O–H groups in total. The zero-order valence-electron chi connectivity index (χ0n) is 7.03. The maximum absolute atomic E-state index is 10.6. The molecular formula is C6H8N4O4. The van der Waals surface area contributed by atoms with Crippen LogP contribution in [0.15, 0.2) is 9.98 Å².